The van der Waals surface area contributed by atoms with Gasteiger partial charge >= 0.3 is 0 Å². The van der Waals surface area contributed by atoms with Gasteiger partial charge in [-0.05, 0) is 41.7 Å². The van der Waals surface area contributed by atoms with Crippen molar-refractivity contribution in [2.45, 2.75) is 33.6 Å². The topological polar surface area (TPSA) is 40.5 Å². The van der Waals surface area contributed by atoms with Crippen molar-refractivity contribution in [3.8, 4) is 5.75 Å². The highest BCUT2D eigenvalue weighted by Crippen LogP contribution is 2.39. The smallest absolute Gasteiger partial charge is 0.115 e. The fourth-order valence-corrected chi connectivity index (χ4v) is 2.42. The van der Waals surface area contributed by atoms with Crippen LogP contribution in [0.4, 0.5) is 0 Å². The summed E-state index contributed by atoms with van der Waals surface area (Å²) in [5, 5.41) is 19.3. The molecule has 2 heteroatoms. The van der Waals surface area contributed by atoms with Crippen LogP contribution in [0.1, 0.15) is 39.2 Å². The third-order valence-corrected chi connectivity index (χ3v) is 4.10. The average molecular weight is 258 g/mol. The molecule has 2 N–H and O–H groups in total. The first-order valence-corrected chi connectivity index (χ1v) is 6.82. The molecule has 0 amide bonds. The first-order chi connectivity index (χ1) is 8.90. The number of aromatic hydroxyl groups is 1. The van der Waals surface area contributed by atoms with E-state index in [4.69, 9.17) is 0 Å². The van der Waals surface area contributed by atoms with Crippen LogP contribution in [-0.4, -0.2) is 10.2 Å². The molecule has 1 aromatic rings. The fraction of sp³-hybridized carbons (Fsp3) is 0.412. The molecule has 102 valence electrons. The zero-order chi connectivity index (χ0) is 14.0. The molecule has 0 fully saturated rings. The van der Waals surface area contributed by atoms with Crippen molar-refractivity contribution in [1.82, 2.24) is 0 Å². The average Bonchev–Trinajstić information content (AvgIpc) is 2.50. The van der Waals surface area contributed by atoms with Gasteiger partial charge in [-0.25, -0.2) is 0 Å². The molecule has 0 spiro atoms. The molecule has 1 aliphatic carbocycles. The number of phenols is 1. The highest BCUT2D eigenvalue weighted by molar-refractivity contribution is 5.68. The van der Waals surface area contributed by atoms with Crippen molar-refractivity contribution in [2.75, 3.05) is 0 Å². The Balaban J connectivity index is 2.41. The van der Waals surface area contributed by atoms with Gasteiger partial charge in [0.2, 0.25) is 0 Å². The number of phenolic OH excluding ortho intramolecular Hbond substituents is 1. The number of benzene rings is 1. The minimum Gasteiger partial charge on any atom is -0.513 e. The Morgan fingerprint density at radius 2 is 1.63 bits per heavy atom. The third kappa shape index (κ3) is 3.01. The second-order valence-electron chi connectivity index (χ2n) is 5.87. The highest BCUT2D eigenvalue weighted by Gasteiger charge is 2.27. The Bertz CT molecular complexity index is 509. The van der Waals surface area contributed by atoms with Gasteiger partial charge in [0.25, 0.3) is 0 Å². The van der Waals surface area contributed by atoms with Crippen LogP contribution < -0.4 is 0 Å². The summed E-state index contributed by atoms with van der Waals surface area (Å²) in [6.07, 6.45) is 5.74. The van der Waals surface area contributed by atoms with Gasteiger partial charge < -0.3 is 10.2 Å². The summed E-state index contributed by atoms with van der Waals surface area (Å²) >= 11 is 0. The molecule has 1 aliphatic rings. The standard InChI is InChI=1S/C17H22O2/c1-12(2)17(3)10-14(6-9-16(19)11-17)13-4-7-15(18)8-5-13/h4-5,7-8,10-12,18-19H,6,9H2,1-3H3. The Kier molecular flexibility index (Phi) is 3.70. The van der Waals surface area contributed by atoms with Crippen molar-refractivity contribution in [3.63, 3.8) is 0 Å². The minimum atomic E-state index is -0.131. The quantitative estimate of drug-likeness (QED) is 0.809. The van der Waals surface area contributed by atoms with E-state index in [0.717, 1.165) is 12.0 Å². The van der Waals surface area contributed by atoms with Gasteiger partial charge in [-0.2, -0.15) is 0 Å². The minimum absolute atomic E-state index is 0.131. The summed E-state index contributed by atoms with van der Waals surface area (Å²) in [6, 6.07) is 7.29. The second kappa shape index (κ2) is 5.12. The molecule has 0 bridgehead atoms. The molecule has 1 unspecified atom stereocenters. The van der Waals surface area contributed by atoms with Crippen molar-refractivity contribution < 1.29 is 10.2 Å². The molecule has 0 heterocycles. The zero-order valence-electron chi connectivity index (χ0n) is 11.9. The van der Waals surface area contributed by atoms with Crippen LogP contribution in [0.2, 0.25) is 0 Å². The van der Waals surface area contributed by atoms with Crippen molar-refractivity contribution >= 4 is 5.57 Å². The van der Waals surface area contributed by atoms with Crippen molar-refractivity contribution in [3.05, 3.63) is 47.7 Å². The van der Waals surface area contributed by atoms with Gasteiger partial charge in [0.1, 0.15) is 5.75 Å². The summed E-state index contributed by atoms with van der Waals surface area (Å²) in [6.45, 7) is 6.49. The van der Waals surface area contributed by atoms with Gasteiger partial charge in [-0.15, -0.1) is 0 Å². The maximum Gasteiger partial charge on any atom is 0.115 e. The summed E-state index contributed by atoms with van der Waals surface area (Å²) < 4.78 is 0. The summed E-state index contributed by atoms with van der Waals surface area (Å²) in [7, 11) is 0. The number of allylic oxidation sites excluding steroid dienone is 4. The number of aliphatic hydroxyl groups excluding tert-OH is 1. The predicted molar refractivity (Wildman–Crippen MR) is 79.0 cm³/mol. The molecular weight excluding hydrogens is 236 g/mol. The Hall–Kier alpha value is -1.70. The molecule has 1 aromatic carbocycles. The van der Waals surface area contributed by atoms with E-state index >= 15 is 0 Å². The molecule has 0 radical (unpaired) electrons. The van der Waals surface area contributed by atoms with Crippen LogP contribution in [0, 0.1) is 11.3 Å². The first-order valence-electron chi connectivity index (χ1n) is 6.82. The van der Waals surface area contributed by atoms with Gasteiger partial charge in [0.05, 0.1) is 5.76 Å². The second-order valence-corrected chi connectivity index (χ2v) is 5.87. The summed E-state index contributed by atoms with van der Waals surface area (Å²) in [5.74, 6) is 1.17. The van der Waals surface area contributed by atoms with Gasteiger partial charge in [0.15, 0.2) is 0 Å². The van der Waals surface area contributed by atoms with E-state index < -0.39 is 0 Å². The maximum atomic E-state index is 9.97. The lowest BCUT2D eigenvalue weighted by Gasteiger charge is -2.27. The zero-order valence-corrected chi connectivity index (χ0v) is 11.9. The lowest BCUT2D eigenvalue weighted by Crippen LogP contribution is -2.18. The number of hydrogen-bond donors (Lipinski definition) is 2. The predicted octanol–water partition coefficient (Wildman–Crippen LogP) is 4.67. The summed E-state index contributed by atoms with van der Waals surface area (Å²) in [4.78, 5) is 0. The Labute approximate surface area is 115 Å². The monoisotopic (exact) mass is 258 g/mol. The van der Waals surface area contributed by atoms with E-state index in [-0.39, 0.29) is 11.2 Å². The molecule has 0 aliphatic heterocycles. The van der Waals surface area contributed by atoms with Crippen molar-refractivity contribution in [2.24, 2.45) is 11.3 Å². The third-order valence-electron chi connectivity index (χ3n) is 4.10. The molecule has 19 heavy (non-hydrogen) atoms. The highest BCUT2D eigenvalue weighted by atomic mass is 16.3. The Morgan fingerprint density at radius 3 is 2.21 bits per heavy atom. The molecular formula is C17H22O2. The lowest BCUT2D eigenvalue weighted by molar-refractivity contribution is 0.342. The SMILES string of the molecule is CC(C)C1(C)C=C(O)CCC(c2ccc(O)cc2)=C1. The largest absolute Gasteiger partial charge is 0.513 e. The van der Waals surface area contributed by atoms with E-state index in [2.05, 4.69) is 26.8 Å². The van der Waals surface area contributed by atoms with Crippen LogP contribution in [0.3, 0.4) is 0 Å². The van der Waals surface area contributed by atoms with Crippen LogP contribution >= 0.6 is 0 Å². The van der Waals surface area contributed by atoms with Crippen LogP contribution in [0.15, 0.2) is 42.2 Å². The number of hydrogen-bond acceptors (Lipinski definition) is 2. The van der Waals surface area contributed by atoms with Crippen LogP contribution in [0.25, 0.3) is 5.57 Å². The molecule has 0 saturated heterocycles. The van der Waals surface area contributed by atoms with Gasteiger partial charge in [-0.1, -0.05) is 39.0 Å². The molecule has 2 nitrogen and oxygen atoms in total. The van der Waals surface area contributed by atoms with Crippen molar-refractivity contribution in [1.29, 1.82) is 0 Å². The number of aliphatic hydroxyl groups is 1. The normalized spacial score (nSPS) is 23.8. The molecule has 1 atom stereocenters. The van der Waals surface area contributed by atoms with E-state index in [1.807, 2.05) is 18.2 Å². The first kappa shape index (κ1) is 13.7. The van der Waals surface area contributed by atoms with Crippen LogP contribution in [-0.2, 0) is 0 Å². The molecule has 2 rings (SSSR count). The van der Waals surface area contributed by atoms with E-state index in [1.165, 1.54) is 5.57 Å². The van der Waals surface area contributed by atoms with E-state index in [1.54, 1.807) is 12.1 Å². The molecule has 0 aromatic heterocycles. The van der Waals surface area contributed by atoms with Gasteiger partial charge in [-0.3, -0.25) is 0 Å². The lowest BCUT2D eigenvalue weighted by atomic mass is 9.77. The number of rotatable bonds is 2. The van der Waals surface area contributed by atoms with E-state index in [0.29, 0.717) is 18.1 Å². The fourth-order valence-electron chi connectivity index (χ4n) is 2.42. The summed E-state index contributed by atoms with van der Waals surface area (Å²) in [5.41, 5.74) is 2.22. The Morgan fingerprint density at radius 1 is 1.00 bits per heavy atom. The molecule has 0 saturated carbocycles. The van der Waals surface area contributed by atoms with Gasteiger partial charge in [0, 0.05) is 11.8 Å². The van der Waals surface area contributed by atoms with E-state index in [9.17, 15) is 10.2 Å². The van der Waals surface area contributed by atoms with Crippen LogP contribution in [0.5, 0.6) is 5.75 Å². The maximum absolute atomic E-state index is 9.97.